The van der Waals surface area contributed by atoms with Gasteiger partial charge in [0.2, 0.25) is 5.88 Å². The van der Waals surface area contributed by atoms with E-state index < -0.39 is 5.60 Å². The highest BCUT2D eigenvalue weighted by Crippen LogP contribution is 2.24. The lowest BCUT2D eigenvalue weighted by Gasteiger charge is -2.29. The van der Waals surface area contributed by atoms with E-state index in [4.69, 9.17) is 14.2 Å². The summed E-state index contributed by atoms with van der Waals surface area (Å²) in [6, 6.07) is 3.55. The fourth-order valence-electron chi connectivity index (χ4n) is 2.33. The van der Waals surface area contributed by atoms with Gasteiger partial charge in [-0.05, 0) is 32.8 Å². The smallest absolute Gasteiger partial charge is 0.256 e. The molecule has 1 aromatic rings. The lowest BCUT2D eigenvalue weighted by atomic mass is 9.97. The zero-order valence-corrected chi connectivity index (χ0v) is 16.2. The molecule has 0 aliphatic carbocycles. The number of aromatic nitrogens is 1. The van der Waals surface area contributed by atoms with E-state index in [1.807, 2.05) is 26.8 Å². The number of carbonyl (C=O) groups is 1. The van der Waals surface area contributed by atoms with Gasteiger partial charge in [-0.25, -0.2) is 4.98 Å². The molecular formula is C19H32N2O4. The third kappa shape index (κ3) is 7.00. The van der Waals surface area contributed by atoms with Gasteiger partial charge in [0.25, 0.3) is 5.91 Å². The maximum absolute atomic E-state index is 12.8. The molecular weight excluding hydrogens is 320 g/mol. The topological polar surface area (TPSA) is 69.7 Å². The van der Waals surface area contributed by atoms with E-state index in [0.717, 1.165) is 19.3 Å². The summed E-state index contributed by atoms with van der Waals surface area (Å²) in [7, 11) is 1.62. The van der Waals surface area contributed by atoms with E-state index in [1.165, 1.54) is 0 Å². The van der Waals surface area contributed by atoms with Gasteiger partial charge in [0.15, 0.2) is 0 Å². The number of pyridine rings is 1. The maximum Gasteiger partial charge on any atom is 0.256 e. The molecule has 1 aromatic heterocycles. The minimum absolute atomic E-state index is 0.132. The number of hydrogen-bond acceptors (Lipinski definition) is 5. The molecule has 0 saturated heterocycles. The van der Waals surface area contributed by atoms with Crippen molar-refractivity contribution in [2.75, 3.05) is 32.2 Å². The number of nitrogens with zero attached hydrogens (tertiary/aromatic N) is 1. The third-order valence-corrected chi connectivity index (χ3v) is 3.96. The minimum atomic E-state index is -0.827. The summed E-state index contributed by atoms with van der Waals surface area (Å²) in [5.74, 6) is 0.385. The van der Waals surface area contributed by atoms with Gasteiger partial charge < -0.3 is 19.5 Å². The highest BCUT2D eigenvalue weighted by Gasteiger charge is 2.33. The lowest BCUT2D eigenvalue weighted by Crippen LogP contribution is -2.43. The molecule has 0 bridgehead atoms. The van der Waals surface area contributed by atoms with E-state index in [-0.39, 0.29) is 5.91 Å². The Morgan fingerprint density at radius 3 is 2.56 bits per heavy atom. The second-order valence-corrected chi connectivity index (χ2v) is 6.26. The van der Waals surface area contributed by atoms with Crippen molar-refractivity contribution in [3.63, 3.8) is 0 Å². The van der Waals surface area contributed by atoms with Gasteiger partial charge in [0.1, 0.15) is 12.2 Å². The molecule has 1 heterocycles. The standard InChI is InChI=1S/C19H32N2O4/c1-6-8-11-19(4,25-12-7-2)18(22)21-16-9-10-17(20-15(16)3)24-14-13-23-5/h9-10H,6-8,11-14H2,1-5H3,(H,21,22). The Morgan fingerprint density at radius 2 is 1.96 bits per heavy atom. The molecule has 1 unspecified atom stereocenters. The highest BCUT2D eigenvalue weighted by molar-refractivity contribution is 5.97. The molecule has 1 amide bonds. The zero-order valence-electron chi connectivity index (χ0n) is 16.2. The number of carbonyl (C=O) groups excluding carboxylic acids is 1. The Labute approximate surface area is 151 Å². The van der Waals surface area contributed by atoms with Crippen LogP contribution in [-0.4, -0.2) is 43.4 Å². The first-order valence-corrected chi connectivity index (χ1v) is 9.01. The Kier molecular flexibility index (Phi) is 9.45. The molecule has 0 spiro atoms. The van der Waals surface area contributed by atoms with Crippen LogP contribution in [0.2, 0.25) is 0 Å². The number of nitrogens with one attached hydrogen (secondary N) is 1. The Hall–Kier alpha value is -1.66. The van der Waals surface area contributed by atoms with Gasteiger partial charge in [-0.15, -0.1) is 0 Å². The number of methoxy groups -OCH3 is 1. The summed E-state index contributed by atoms with van der Waals surface area (Å²) < 4.78 is 16.3. The Morgan fingerprint density at radius 1 is 1.20 bits per heavy atom. The Bertz CT molecular complexity index is 526. The van der Waals surface area contributed by atoms with Gasteiger partial charge in [0, 0.05) is 19.8 Å². The lowest BCUT2D eigenvalue weighted by molar-refractivity contribution is -0.140. The van der Waals surface area contributed by atoms with Crippen LogP contribution in [0.4, 0.5) is 5.69 Å². The molecule has 1 rings (SSSR count). The van der Waals surface area contributed by atoms with Crippen molar-refractivity contribution < 1.29 is 19.0 Å². The van der Waals surface area contributed by atoms with Gasteiger partial charge >= 0.3 is 0 Å². The fourth-order valence-corrected chi connectivity index (χ4v) is 2.33. The number of hydrogen-bond donors (Lipinski definition) is 1. The van der Waals surface area contributed by atoms with E-state index in [0.29, 0.717) is 43.5 Å². The van der Waals surface area contributed by atoms with Gasteiger partial charge in [-0.1, -0.05) is 26.7 Å². The van der Waals surface area contributed by atoms with Crippen LogP contribution in [0, 0.1) is 6.92 Å². The molecule has 6 heteroatoms. The van der Waals surface area contributed by atoms with Crippen LogP contribution >= 0.6 is 0 Å². The monoisotopic (exact) mass is 352 g/mol. The van der Waals surface area contributed by atoms with Crippen molar-refractivity contribution in [3.05, 3.63) is 17.8 Å². The minimum Gasteiger partial charge on any atom is -0.475 e. The van der Waals surface area contributed by atoms with Crippen molar-refractivity contribution in [1.82, 2.24) is 4.98 Å². The number of amides is 1. The molecule has 6 nitrogen and oxygen atoms in total. The average Bonchev–Trinajstić information content (AvgIpc) is 2.60. The van der Waals surface area contributed by atoms with Crippen LogP contribution in [0.1, 0.15) is 52.1 Å². The quantitative estimate of drug-likeness (QED) is 0.581. The van der Waals surface area contributed by atoms with Crippen molar-refractivity contribution in [2.24, 2.45) is 0 Å². The van der Waals surface area contributed by atoms with Gasteiger partial charge in [0.05, 0.1) is 18.0 Å². The second kappa shape index (κ2) is 11.1. The first-order valence-electron chi connectivity index (χ1n) is 9.01. The largest absolute Gasteiger partial charge is 0.475 e. The summed E-state index contributed by atoms with van der Waals surface area (Å²) in [5.41, 5.74) is 0.551. The van der Waals surface area contributed by atoms with E-state index >= 15 is 0 Å². The van der Waals surface area contributed by atoms with Crippen molar-refractivity contribution >= 4 is 11.6 Å². The third-order valence-electron chi connectivity index (χ3n) is 3.96. The molecule has 25 heavy (non-hydrogen) atoms. The molecule has 0 aromatic carbocycles. The first-order chi connectivity index (χ1) is 12.0. The predicted molar refractivity (Wildman–Crippen MR) is 99.1 cm³/mol. The SMILES string of the molecule is CCCCC(C)(OCCC)C(=O)Nc1ccc(OCCOC)nc1C. The number of rotatable bonds is 12. The normalized spacial score (nSPS) is 13.3. The van der Waals surface area contributed by atoms with E-state index in [9.17, 15) is 4.79 Å². The predicted octanol–water partition coefficient (Wildman–Crippen LogP) is 3.73. The van der Waals surface area contributed by atoms with Crippen LogP contribution in [0.15, 0.2) is 12.1 Å². The maximum atomic E-state index is 12.8. The van der Waals surface area contributed by atoms with Gasteiger partial charge in [-0.3, -0.25) is 4.79 Å². The van der Waals surface area contributed by atoms with E-state index in [1.54, 1.807) is 13.2 Å². The number of unbranched alkanes of at least 4 members (excludes halogenated alkanes) is 1. The van der Waals surface area contributed by atoms with Crippen molar-refractivity contribution in [3.8, 4) is 5.88 Å². The summed E-state index contributed by atoms with van der Waals surface area (Å²) in [6.45, 7) is 9.35. The summed E-state index contributed by atoms with van der Waals surface area (Å²) in [4.78, 5) is 17.2. The molecule has 1 N–H and O–H groups in total. The molecule has 0 radical (unpaired) electrons. The summed E-state index contributed by atoms with van der Waals surface area (Å²) >= 11 is 0. The summed E-state index contributed by atoms with van der Waals surface area (Å²) in [6.07, 6.45) is 3.53. The second-order valence-electron chi connectivity index (χ2n) is 6.26. The van der Waals surface area contributed by atoms with Crippen LogP contribution in [0.5, 0.6) is 5.88 Å². The average molecular weight is 352 g/mol. The van der Waals surface area contributed by atoms with Crippen molar-refractivity contribution in [1.29, 1.82) is 0 Å². The molecule has 0 aliphatic rings. The van der Waals surface area contributed by atoms with Crippen LogP contribution in [-0.2, 0) is 14.3 Å². The number of aryl methyl sites for hydroxylation is 1. The highest BCUT2D eigenvalue weighted by atomic mass is 16.5. The van der Waals surface area contributed by atoms with Crippen LogP contribution < -0.4 is 10.1 Å². The number of anilines is 1. The molecule has 0 fully saturated rings. The van der Waals surface area contributed by atoms with Gasteiger partial charge in [-0.2, -0.15) is 0 Å². The molecule has 1 atom stereocenters. The fraction of sp³-hybridized carbons (Fsp3) is 0.684. The summed E-state index contributed by atoms with van der Waals surface area (Å²) in [5, 5.41) is 2.96. The molecule has 0 saturated carbocycles. The molecule has 142 valence electrons. The molecule has 0 aliphatic heterocycles. The van der Waals surface area contributed by atoms with Crippen LogP contribution in [0.3, 0.4) is 0 Å². The van der Waals surface area contributed by atoms with Crippen LogP contribution in [0.25, 0.3) is 0 Å². The zero-order chi connectivity index (χ0) is 18.7. The van der Waals surface area contributed by atoms with Crippen molar-refractivity contribution in [2.45, 2.75) is 59.0 Å². The number of ether oxygens (including phenoxy) is 3. The van der Waals surface area contributed by atoms with E-state index in [2.05, 4.69) is 17.2 Å². The first kappa shape index (κ1) is 21.4. The Balaban J connectivity index is 2.78.